The second-order valence-electron chi connectivity index (χ2n) is 5.75. The number of carbonyl (C=O) groups excluding carboxylic acids is 2. The normalized spacial score (nSPS) is 19.1. The second kappa shape index (κ2) is 7.16. The van der Waals surface area contributed by atoms with Gasteiger partial charge in [-0.15, -0.1) is 0 Å². The molecule has 3 amide bonds. The first kappa shape index (κ1) is 17.3. The molecule has 0 unspecified atom stereocenters. The molecule has 3 heterocycles. The van der Waals surface area contributed by atoms with Crippen molar-refractivity contribution >= 4 is 23.4 Å². The SMILES string of the molecule is N#C[C@@]1(O)CCN(c2ccnc(NC(=O)NCc3cccnc3)c2)C1=O. The molecule has 132 valence electrons. The summed E-state index contributed by atoms with van der Waals surface area (Å²) in [5.74, 6) is -0.440. The first-order valence-corrected chi connectivity index (χ1v) is 7.87. The second-order valence-corrected chi connectivity index (χ2v) is 5.75. The number of nitriles is 1. The molecular weight excluding hydrogens is 336 g/mol. The predicted octanol–water partition coefficient (Wildman–Crippen LogP) is 0.790. The molecule has 0 spiro atoms. The van der Waals surface area contributed by atoms with E-state index in [1.807, 2.05) is 6.07 Å². The number of nitrogens with one attached hydrogen (secondary N) is 2. The van der Waals surface area contributed by atoms with Crippen molar-refractivity contribution in [1.29, 1.82) is 5.26 Å². The Bertz CT molecular complexity index is 866. The largest absolute Gasteiger partial charge is 0.368 e. The van der Waals surface area contributed by atoms with Crippen LogP contribution >= 0.6 is 0 Å². The van der Waals surface area contributed by atoms with Gasteiger partial charge in [-0.1, -0.05) is 6.07 Å². The van der Waals surface area contributed by atoms with Crippen molar-refractivity contribution < 1.29 is 14.7 Å². The molecule has 9 heteroatoms. The molecule has 1 fully saturated rings. The van der Waals surface area contributed by atoms with Crippen LogP contribution in [0.1, 0.15) is 12.0 Å². The number of urea groups is 1. The number of anilines is 2. The van der Waals surface area contributed by atoms with E-state index >= 15 is 0 Å². The predicted molar refractivity (Wildman–Crippen MR) is 91.9 cm³/mol. The minimum absolute atomic E-state index is 0.0268. The number of rotatable bonds is 4. The van der Waals surface area contributed by atoms with Crippen LogP contribution in [0.3, 0.4) is 0 Å². The lowest BCUT2D eigenvalue weighted by Crippen LogP contribution is -2.38. The van der Waals surface area contributed by atoms with Gasteiger partial charge >= 0.3 is 6.03 Å². The number of aliphatic hydroxyl groups is 1. The number of aromatic nitrogens is 2. The maximum Gasteiger partial charge on any atom is 0.320 e. The fourth-order valence-corrected chi connectivity index (χ4v) is 2.56. The van der Waals surface area contributed by atoms with Crippen LogP contribution in [0.4, 0.5) is 16.3 Å². The Kier molecular flexibility index (Phi) is 4.77. The van der Waals surface area contributed by atoms with Crippen molar-refractivity contribution in [3.63, 3.8) is 0 Å². The highest BCUT2D eigenvalue weighted by Gasteiger charge is 2.46. The summed E-state index contributed by atoms with van der Waals surface area (Å²) in [6.07, 6.45) is 4.75. The summed E-state index contributed by atoms with van der Waals surface area (Å²) in [7, 11) is 0. The van der Waals surface area contributed by atoms with E-state index in [1.165, 1.54) is 17.2 Å². The number of hydrogen-bond donors (Lipinski definition) is 3. The summed E-state index contributed by atoms with van der Waals surface area (Å²) in [6, 6.07) is 7.86. The van der Waals surface area contributed by atoms with Crippen molar-refractivity contribution in [2.45, 2.75) is 18.6 Å². The smallest absolute Gasteiger partial charge is 0.320 e. The van der Waals surface area contributed by atoms with Crippen LogP contribution < -0.4 is 15.5 Å². The van der Waals surface area contributed by atoms with Crippen LogP contribution in [0.15, 0.2) is 42.9 Å². The van der Waals surface area contributed by atoms with Gasteiger partial charge < -0.3 is 15.3 Å². The van der Waals surface area contributed by atoms with E-state index in [4.69, 9.17) is 5.26 Å². The summed E-state index contributed by atoms with van der Waals surface area (Å²) in [4.78, 5) is 33.5. The van der Waals surface area contributed by atoms with E-state index in [9.17, 15) is 14.7 Å². The molecular formula is C17H16N6O3. The topological polar surface area (TPSA) is 131 Å². The summed E-state index contributed by atoms with van der Waals surface area (Å²) < 4.78 is 0. The van der Waals surface area contributed by atoms with E-state index in [-0.39, 0.29) is 18.8 Å². The van der Waals surface area contributed by atoms with Crippen LogP contribution in [0.2, 0.25) is 0 Å². The van der Waals surface area contributed by atoms with E-state index in [2.05, 4.69) is 20.6 Å². The molecule has 2 aromatic heterocycles. The van der Waals surface area contributed by atoms with Crippen LogP contribution in [0.5, 0.6) is 0 Å². The van der Waals surface area contributed by atoms with Crippen LogP contribution in [-0.4, -0.2) is 39.2 Å². The van der Waals surface area contributed by atoms with Gasteiger partial charge in [-0.2, -0.15) is 5.26 Å². The molecule has 2 aromatic rings. The molecule has 1 aliphatic heterocycles. The van der Waals surface area contributed by atoms with Gasteiger partial charge in [0.1, 0.15) is 11.9 Å². The molecule has 0 saturated carbocycles. The number of pyridine rings is 2. The highest BCUT2D eigenvalue weighted by Crippen LogP contribution is 2.28. The number of amides is 3. The third-order valence-electron chi connectivity index (χ3n) is 3.95. The quantitative estimate of drug-likeness (QED) is 0.697. The lowest BCUT2D eigenvalue weighted by molar-refractivity contribution is -0.128. The zero-order chi connectivity index (χ0) is 18.6. The Morgan fingerprint density at radius 3 is 2.96 bits per heavy atom. The molecule has 0 bridgehead atoms. The van der Waals surface area contributed by atoms with Crippen molar-refractivity contribution in [3.8, 4) is 6.07 Å². The third-order valence-corrected chi connectivity index (χ3v) is 3.95. The Hall–Kier alpha value is -3.51. The molecule has 1 aliphatic rings. The molecule has 3 rings (SSSR count). The van der Waals surface area contributed by atoms with Crippen molar-refractivity contribution in [1.82, 2.24) is 15.3 Å². The zero-order valence-corrected chi connectivity index (χ0v) is 13.7. The van der Waals surface area contributed by atoms with E-state index < -0.39 is 17.5 Å². The first-order chi connectivity index (χ1) is 12.5. The Labute approximate surface area is 149 Å². The molecule has 3 N–H and O–H groups in total. The Morgan fingerprint density at radius 1 is 1.42 bits per heavy atom. The average Bonchev–Trinajstić information content (AvgIpc) is 2.97. The zero-order valence-electron chi connectivity index (χ0n) is 13.7. The third kappa shape index (κ3) is 3.60. The standard InChI is InChI=1S/C17H16N6O3/c18-11-17(26)4-7-23(15(17)24)13-3-6-20-14(8-13)22-16(25)21-10-12-2-1-5-19-9-12/h1-3,5-6,8-9,26H,4,7,10H2,(H2,20,21,22,25)/t17-/m0/s1. The lowest BCUT2D eigenvalue weighted by Gasteiger charge is -2.18. The van der Waals surface area contributed by atoms with E-state index in [0.29, 0.717) is 12.2 Å². The van der Waals surface area contributed by atoms with Crippen molar-refractivity contribution in [3.05, 3.63) is 48.4 Å². The summed E-state index contributed by atoms with van der Waals surface area (Å²) >= 11 is 0. The maximum atomic E-state index is 12.2. The van der Waals surface area contributed by atoms with Gasteiger partial charge in [0.05, 0.1) is 0 Å². The Balaban J connectivity index is 1.64. The summed E-state index contributed by atoms with van der Waals surface area (Å²) in [6.45, 7) is 0.513. The molecule has 9 nitrogen and oxygen atoms in total. The maximum absolute atomic E-state index is 12.2. The summed E-state index contributed by atoms with van der Waals surface area (Å²) in [5, 5.41) is 24.2. The summed E-state index contributed by atoms with van der Waals surface area (Å²) in [5.41, 5.74) is -0.709. The fourth-order valence-electron chi connectivity index (χ4n) is 2.56. The minimum Gasteiger partial charge on any atom is -0.368 e. The number of nitrogens with zero attached hydrogens (tertiary/aromatic N) is 4. The average molecular weight is 352 g/mol. The highest BCUT2D eigenvalue weighted by molar-refractivity contribution is 6.04. The van der Waals surface area contributed by atoms with Gasteiger partial charge in [0.15, 0.2) is 0 Å². The van der Waals surface area contributed by atoms with Gasteiger partial charge in [0.25, 0.3) is 5.91 Å². The molecule has 26 heavy (non-hydrogen) atoms. The monoisotopic (exact) mass is 352 g/mol. The van der Waals surface area contributed by atoms with Crippen LogP contribution in [-0.2, 0) is 11.3 Å². The molecule has 0 aliphatic carbocycles. The highest BCUT2D eigenvalue weighted by atomic mass is 16.3. The van der Waals surface area contributed by atoms with Crippen molar-refractivity contribution in [2.75, 3.05) is 16.8 Å². The van der Waals surface area contributed by atoms with Gasteiger partial charge in [0.2, 0.25) is 5.60 Å². The lowest BCUT2D eigenvalue weighted by atomic mass is 10.1. The van der Waals surface area contributed by atoms with Gasteiger partial charge in [-0.05, 0) is 17.7 Å². The van der Waals surface area contributed by atoms with Gasteiger partial charge in [-0.3, -0.25) is 15.1 Å². The fraction of sp³-hybridized carbons (Fsp3) is 0.235. The molecule has 1 atom stereocenters. The van der Waals surface area contributed by atoms with E-state index in [1.54, 1.807) is 30.6 Å². The number of carbonyl (C=O) groups is 2. The van der Waals surface area contributed by atoms with Crippen molar-refractivity contribution in [2.24, 2.45) is 0 Å². The van der Waals surface area contributed by atoms with Gasteiger partial charge in [-0.25, -0.2) is 9.78 Å². The van der Waals surface area contributed by atoms with E-state index in [0.717, 1.165) is 5.56 Å². The molecule has 0 aromatic carbocycles. The molecule has 0 radical (unpaired) electrons. The van der Waals surface area contributed by atoms with Gasteiger partial charge in [0, 0.05) is 49.9 Å². The van der Waals surface area contributed by atoms with Crippen LogP contribution in [0, 0.1) is 11.3 Å². The minimum atomic E-state index is -2.00. The molecule has 1 saturated heterocycles. The number of hydrogen-bond acceptors (Lipinski definition) is 6. The Morgan fingerprint density at radius 2 is 2.27 bits per heavy atom. The first-order valence-electron chi connectivity index (χ1n) is 7.87. The van der Waals surface area contributed by atoms with Crippen LogP contribution in [0.25, 0.3) is 0 Å².